The zero-order chi connectivity index (χ0) is 11.4. The van der Waals surface area contributed by atoms with Crippen molar-refractivity contribution in [2.75, 3.05) is 0 Å². The van der Waals surface area contributed by atoms with Crippen molar-refractivity contribution in [2.24, 2.45) is 0 Å². The van der Waals surface area contributed by atoms with E-state index in [-0.39, 0.29) is 0 Å². The summed E-state index contributed by atoms with van der Waals surface area (Å²) in [6, 6.07) is 6.54. The first-order chi connectivity index (χ1) is 7.06. The molecule has 1 aromatic carbocycles. The van der Waals surface area contributed by atoms with E-state index in [1.165, 1.54) is 16.7 Å². The topological polar surface area (TPSA) is 32.3 Å². The van der Waals surface area contributed by atoms with Gasteiger partial charge in [-0.15, -0.1) is 0 Å². The fraction of sp³-hybridized carbons (Fsp3) is 0.538. The molecule has 0 heterocycles. The lowest BCUT2D eigenvalue weighted by atomic mass is 9.92. The monoisotopic (exact) mass is 207 g/mol. The lowest BCUT2D eigenvalue weighted by Crippen LogP contribution is -2.10. The van der Waals surface area contributed by atoms with Crippen molar-refractivity contribution in [3.8, 4) is 0 Å². The molecule has 0 aliphatic carbocycles. The summed E-state index contributed by atoms with van der Waals surface area (Å²) in [7, 11) is 0. The van der Waals surface area contributed by atoms with Gasteiger partial charge in [-0.25, -0.2) is 5.48 Å². The predicted molar refractivity (Wildman–Crippen MR) is 63.2 cm³/mol. The molecule has 0 aromatic heterocycles. The third-order valence-electron chi connectivity index (χ3n) is 2.73. The summed E-state index contributed by atoms with van der Waals surface area (Å²) in [6.45, 7) is 9.23. The van der Waals surface area contributed by atoms with Gasteiger partial charge in [-0.1, -0.05) is 45.9 Å². The van der Waals surface area contributed by atoms with Gasteiger partial charge in [0, 0.05) is 6.54 Å². The minimum atomic E-state index is 0.495. The molecule has 2 heteroatoms. The molecule has 0 aliphatic heterocycles. The van der Waals surface area contributed by atoms with Gasteiger partial charge in [-0.2, -0.15) is 0 Å². The lowest BCUT2D eigenvalue weighted by molar-refractivity contribution is 0.161. The summed E-state index contributed by atoms with van der Waals surface area (Å²) in [6.07, 6.45) is 0. The first-order valence-electron chi connectivity index (χ1n) is 5.56. The normalized spacial score (nSPS) is 11.4. The fourth-order valence-electron chi connectivity index (χ4n) is 1.79. The van der Waals surface area contributed by atoms with Crippen LogP contribution in [0.15, 0.2) is 18.2 Å². The van der Waals surface area contributed by atoms with Crippen LogP contribution in [0.1, 0.15) is 56.2 Å². The first-order valence-corrected chi connectivity index (χ1v) is 5.56. The Kier molecular flexibility index (Phi) is 4.30. The molecule has 0 aliphatic rings. The van der Waals surface area contributed by atoms with Crippen molar-refractivity contribution in [1.82, 2.24) is 5.48 Å². The summed E-state index contributed by atoms with van der Waals surface area (Å²) in [5.41, 5.74) is 6.07. The smallest absolute Gasteiger partial charge is 0.0461 e. The van der Waals surface area contributed by atoms with Crippen molar-refractivity contribution in [3.63, 3.8) is 0 Å². The Morgan fingerprint density at radius 1 is 1.13 bits per heavy atom. The quantitative estimate of drug-likeness (QED) is 0.741. The Hall–Kier alpha value is -0.860. The average Bonchev–Trinajstić information content (AvgIpc) is 2.17. The molecule has 0 saturated carbocycles. The molecule has 1 rings (SSSR count). The van der Waals surface area contributed by atoms with Gasteiger partial charge in [0.25, 0.3) is 0 Å². The molecule has 0 radical (unpaired) electrons. The average molecular weight is 207 g/mol. The van der Waals surface area contributed by atoms with E-state index in [1.54, 1.807) is 0 Å². The molecule has 0 spiro atoms. The van der Waals surface area contributed by atoms with Gasteiger partial charge in [-0.3, -0.25) is 0 Å². The van der Waals surface area contributed by atoms with Crippen LogP contribution in [0.25, 0.3) is 0 Å². The lowest BCUT2D eigenvalue weighted by Gasteiger charge is -2.15. The standard InChI is InChI=1S/C13H21NO/c1-9(2)11-5-6-13(10(3)4)12(7-11)8-14-15/h5-7,9-10,14-15H,8H2,1-4H3. The predicted octanol–water partition coefficient (Wildman–Crippen LogP) is 3.41. The third kappa shape index (κ3) is 3.05. The van der Waals surface area contributed by atoms with Crippen LogP contribution in [0.5, 0.6) is 0 Å². The second kappa shape index (κ2) is 5.29. The van der Waals surface area contributed by atoms with E-state index >= 15 is 0 Å². The summed E-state index contributed by atoms with van der Waals surface area (Å²) >= 11 is 0. The van der Waals surface area contributed by atoms with Crippen LogP contribution in [0.2, 0.25) is 0 Å². The highest BCUT2D eigenvalue weighted by atomic mass is 16.5. The molecular weight excluding hydrogens is 186 g/mol. The molecular formula is C13H21NO. The molecule has 1 aromatic rings. The molecule has 0 atom stereocenters. The van der Waals surface area contributed by atoms with Crippen molar-refractivity contribution in [2.45, 2.75) is 46.1 Å². The maximum Gasteiger partial charge on any atom is 0.0461 e. The minimum absolute atomic E-state index is 0.495. The van der Waals surface area contributed by atoms with Gasteiger partial charge in [0.15, 0.2) is 0 Å². The van der Waals surface area contributed by atoms with Gasteiger partial charge < -0.3 is 5.21 Å². The van der Waals surface area contributed by atoms with Gasteiger partial charge in [0.2, 0.25) is 0 Å². The van der Waals surface area contributed by atoms with Crippen LogP contribution < -0.4 is 5.48 Å². The van der Waals surface area contributed by atoms with Crippen LogP contribution in [0.4, 0.5) is 0 Å². The van der Waals surface area contributed by atoms with E-state index < -0.39 is 0 Å². The van der Waals surface area contributed by atoms with Crippen LogP contribution in [0, 0.1) is 0 Å². The fourth-order valence-corrected chi connectivity index (χ4v) is 1.79. The van der Waals surface area contributed by atoms with Gasteiger partial charge >= 0.3 is 0 Å². The Morgan fingerprint density at radius 3 is 2.27 bits per heavy atom. The van der Waals surface area contributed by atoms with E-state index in [0.717, 1.165) is 0 Å². The number of rotatable bonds is 4. The zero-order valence-corrected chi connectivity index (χ0v) is 10.0. The van der Waals surface area contributed by atoms with Gasteiger partial charge in [-0.05, 0) is 28.5 Å². The highest BCUT2D eigenvalue weighted by molar-refractivity contribution is 5.35. The highest BCUT2D eigenvalue weighted by Crippen LogP contribution is 2.24. The SMILES string of the molecule is CC(C)c1ccc(C(C)C)c(CNO)c1. The van der Waals surface area contributed by atoms with Crippen LogP contribution in [-0.4, -0.2) is 5.21 Å². The number of hydroxylamine groups is 1. The summed E-state index contributed by atoms with van der Waals surface area (Å²) in [5.74, 6) is 1.03. The Labute approximate surface area is 92.3 Å². The number of hydrogen-bond acceptors (Lipinski definition) is 2. The molecule has 0 bridgehead atoms. The highest BCUT2D eigenvalue weighted by Gasteiger charge is 2.08. The van der Waals surface area contributed by atoms with Gasteiger partial charge in [0.05, 0.1) is 0 Å². The molecule has 0 fully saturated rings. The Bertz CT molecular complexity index is 318. The van der Waals surface area contributed by atoms with E-state index in [0.29, 0.717) is 18.4 Å². The Balaban J connectivity index is 3.08. The molecule has 15 heavy (non-hydrogen) atoms. The van der Waals surface area contributed by atoms with E-state index in [1.807, 2.05) is 0 Å². The second-order valence-corrected chi connectivity index (χ2v) is 4.60. The van der Waals surface area contributed by atoms with Gasteiger partial charge in [0.1, 0.15) is 0 Å². The molecule has 0 saturated heterocycles. The first kappa shape index (κ1) is 12.2. The van der Waals surface area contributed by atoms with Crippen molar-refractivity contribution < 1.29 is 5.21 Å². The maximum atomic E-state index is 8.81. The van der Waals surface area contributed by atoms with Crippen molar-refractivity contribution in [1.29, 1.82) is 0 Å². The van der Waals surface area contributed by atoms with Crippen LogP contribution >= 0.6 is 0 Å². The molecule has 84 valence electrons. The summed E-state index contributed by atoms with van der Waals surface area (Å²) in [5, 5.41) is 8.81. The van der Waals surface area contributed by atoms with Crippen molar-refractivity contribution >= 4 is 0 Å². The largest absolute Gasteiger partial charge is 0.316 e. The van der Waals surface area contributed by atoms with Crippen LogP contribution in [0.3, 0.4) is 0 Å². The third-order valence-corrected chi connectivity index (χ3v) is 2.73. The Morgan fingerprint density at radius 2 is 1.80 bits per heavy atom. The zero-order valence-electron chi connectivity index (χ0n) is 10.0. The molecule has 2 N–H and O–H groups in total. The second-order valence-electron chi connectivity index (χ2n) is 4.60. The summed E-state index contributed by atoms with van der Waals surface area (Å²) < 4.78 is 0. The number of nitrogens with one attached hydrogen (secondary N) is 1. The number of hydrogen-bond donors (Lipinski definition) is 2. The molecule has 0 amide bonds. The number of benzene rings is 1. The molecule has 0 unspecified atom stereocenters. The van der Waals surface area contributed by atoms with E-state index in [4.69, 9.17) is 5.21 Å². The van der Waals surface area contributed by atoms with Crippen LogP contribution in [-0.2, 0) is 6.54 Å². The van der Waals surface area contributed by atoms with Crippen molar-refractivity contribution in [3.05, 3.63) is 34.9 Å². The molecule has 2 nitrogen and oxygen atoms in total. The minimum Gasteiger partial charge on any atom is -0.316 e. The summed E-state index contributed by atoms with van der Waals surface area (Å²) in [4.78, 5) is 0. The van der Waals surface area contributed by atoms with E-state index in [9.17, 15) is 0 Å². The maximum absolute atomic E-state index is 8.81. The van der Waals surface area contributed by atoms with E-state index in [2.05, 4.69) is 51.4 Å².